The molecule has 3 heterocycles. The Balaban J connectivity index is 1.25. The maximum atomic E-state index is 12.7. The van der Waals surface area contributed by atoms with Crippen molar-refractivity contribution in [3.8, 4) is 0 Å². The van der Waals surface area contributed by atoms with Crippen LogP contribution in [0.4, 0.5) is 19.1 Å². The Morgan fingerprint density at radius 3 is 2.42 bits per heavy atom. The van der Waals surface area contributed by atoms with Crippen molar-refractivity contribution in [2.24, 2.45) is 0 Å². The van der Waals surface area contributed by atoms with Crippen molar-refractivity contribution in [3.63, 3.8) is 0 Å². The number of aromatic nitrogens is 4. The first-order valence-corrected chi connectivity index (χ1v) is 11.5. The first kappa shape index (κ1) is 25.5. The second-order valence-corrected chi connectivity index (χ2v) is 9.29. The van der Waals surface area contributed by atoms with E-state index >= 15 is 0 Å². The normalized spacial score (nSPS) is 14.9. The Morgan fingerprint density at radius 1 is 1.06 bits per heavy atom. The highest BCUT2D eigenvalue weighted by Gasteiger charge is 2.32. The topological polar surface area (TPSA) is 104 Å². The minimum absolute atomic E-state index is 0.0540. The van der Waals surface area contributed by atoms with Crippen molar-refractivity contribution in [3.05, 3.63) is 58.3 Å². The highest BCUT2D eigenvalue weighted by atomic mass is 19.4. The van der Waals surface area contributed by atoms with E-state index in [4.69, 9.17) is 4.74 Å². The zero-order valence-corrected chi connectivity index (χ0v) is 20.0. The van der Waals surface area contributed by atoms with Crippen LogP contribution < -0.4 is 10.5 Å². The number of fused-ring (bicyclic) bond motifs is 1. The quantitative estimate of drug-likeness (QED) is 0.494. The van der Waals surface area contributed by atoms with Crippen molar-refractivity contribution >= 4 is 22.6 Å². The number of amides is 1. The van der Waals surface area contributed by atoms with Crippen LogP contribution in [0.25, 0.3) is 10.8 Å². The van der Waals surface area contributed by atoms with Crippen molar-refractivity contribution < 1.29 is 22.7 Å². The number of halogens is 3. The van der Waals surface area contributed by atoms with E-state index in [1.165, 1.54) is 0 Å². The molecular formula is C24H27F3N6O3. The van der Waals surface area contributed by atoms with Crippen LogP contribution in [0.5, 0.6) is 0 Å². The van der Waals surface area contributed by atoms with Crippen molar-refractivity contribution in [2.75, 3.05) is 44.3 Å². The number of nitrogens with one attached hydrogen (secondary N) is 1. The van der Waals surface area contributed by atoms with Crippen LogP contribution in [0.3, 0.4) is 0 Å². The van der Waals surface area contributed by atoms with Gasteiger partial charge in [0.2, 0.25) is 11.9 Å². The van der Waals surface area contributed by atoms with Crippen molar-refractivity contribution in [2.45, 2.75) is 31.9 Å². The van der Waals surface area contributed by atoms with Gasteiger partial charge in [0.15, 0.2) is 0 Å². The molecule has 0 saturated carbocycles. The summed E-state index contributed by atoms with van der Waals surface area (Å²) in [6.07, 6.45) is -1.10. The monoisotopic (exact) mass is 504 g/mol. The molecule has 1 aromatic carbocycles. The third-order valence-electron chi connectivity index (χ3n) is 6.24. The summed E-state index contributed by atoms with van der Waals surface area (Å²) in [7, 11) is 0. The number of hydrogen-bond donors (Lipinski definition) is 1. The maximum Gasteiger partial charge on any atom is 0.419 e. The Labute approximate surface area is 205 Å². The number of H-pyrrole nitrogens is 1. The third-order valence-corrected chi connectivity index (χ3v) is 6.24. The van der Waals surface area contributed by atoms with Gasteiger partial charge in [0, 0.05) is 49.4 Å². The number of carbonyl (C=O) groups excluding carboxylic acids is 1. The summed E-state index contributed by atoms with van der Waals surface area (Å²) in [6.45, 7) is 6.32. The molecule has 0 atom stereocenters. The number of ether oxygens (including phenoxy) is 1. The second-order valence-electron chi connectivity index (χ2n) is 9.29. The molecule has 9 nitrogen and oxygen atoms in total. The van der Waals surface area contributed by atoms with E-state index in [0.717, 1.165) is 23.3 Å². The van der Waals surface area contributed by atoms with E-state index in [-0.39, 0.29) is 30.4 Å². The van der Waals surface area contributed by atoms with Gasteiger partial charge in [-0.05, 0) is 11.6 Å². The number of benzene rings is 1. The van der Waals surface area contributed by atoms with Crippen LogP contribution in [-0.2, 0) is 21.1 Å². The Kier molecular flexibility index (Phi) is 7.25. The van der Waals surface area contributed by atoms with Gasteiger partial charge in [0.1, 0.15) is 0 Å². The molecule has 1 amide bonds. The lowest BCUT2D eigenvalue weighted by Gasteiger charge is -2.35. The van der Waals surface area contributed by atoms with Gasteiger partial charge in [-0.15, -0.1) is 0 Å². The van der Waals surface area contributed by atoms with E-state index in [1.54, 1.807) is 22.1 Å². The molecule has 0 radical (unpaired) electrons. The van der Waals surface area contributed by atoms with Gasteiger partial charge in [-0.2, -0.15) is 18.3 Å². The summed E-state index contributed by atoms with van der Waals surface area (Å²) >= 11 is 0. The predicted octanol–water partition coefficient (Wildman–Crippen LogP) is 2.77. The molecule has 0 unspecified atom stereocenters. The lowest BCUT2D eigenvalue weighted by molar-refractivity contribution is -0.138. The summed E-state index contributed by atoms with van der Waals surface area (Å²) in [5.74, 6) is 0.160. The molecule has 1 aliphatic rings. The van der Waals surface area contributed by atoms with Gasteiger partial charge in [-0.25, -0.2) is 15.1 Å². The zero-order chi connectivity index (χ0) is 25.9. The van der Waals surface area contributed by atoms with E-state index in [1.807, 2.05) is 26.0 Å². The highest BCUT2D eigenvalue weighted by molar-refractivity contribution is 5.85. The SMILES string of the molecule is CC(C)(COCCC(=O)N1CCN(c2ncc(C(F)(F)F)cn2)CC1)c1cccc2c(=O)[nH]ncc12. The van der Waals surface area contributed by atoms with Gasteiger partial charge in [0.25, 0.3) is 5.56 Å². The number of alkyl halides is 3. The van der Waals surface area contributed by atoms with E-state index in [0.29, 0.717) is 38.2 Å². The Bertz CT molecular complexity index is 1270. The molecule has 3 aromatic rings. The van der Waals surface area contributed by atoms with Crippen LogP contribution in [0, 0.1) is 0 Å². The minimum Gasteiger partial charge on any atom is -0.380 e. The van der Waals surface area contributed by atoms with E-state index < -0.39 is 17.2 Å². The fourth-order valence-electron chi connectivity index (χ4n) is 4.22. The van der Waals surface area contributed by atoms with Gasteiger partial charge >= 0.3 is 6.18 Å². The molecule has 36 heavy (non-hydrogen) atoms. The van der Waals surface area contributed by atoms with Crippen LogP contribution in [0.2, 0.25) is 0 Å². The summed E-state index contributed by atoms with van der Waals surface area (Å²) in [5, 5.41) is 7.68. The fourth-order valence-corrected chi connectivity index (χ4v) is 4.22. The zero-order valence-electron chi connectivity index (χ0n) is 20.0. The average molecular weight is 505 g/mol. The van der Waals surface area contributed by atoms with E-state index in [2.05, 4.69) is 20.2 Å². The Morgan fingerprint density at radius 2 is 1.75 bits per heavy atom. The number of anilines is 1. The molecular weight excluding hydrogens is 477 g/mol. The summed E-state index contributed by atoms with van der Waals surface area (Å²) < 4.78 is 43.9. The molecule has 192 valence electrons. The van der Waals surface area contributed by atoms with Gasteiger partial charge < -0.3 is 14.5 Å². The highest BCUT2D eigenvalue weighted by Crippen LogP contribution is 2.30. The molecule has 4 rings (SSSR count). The lowest BCUT2D eigenvalue weighted by Crippen LogP contribution is -2.49. The fraction of sp³-hybridized carbons (Fsp3) is 0.458. The molecule has 1 aliphatic heterocycles. The van der Waals surface area contributed by atoms with Crippen LogP contribution in [0.1, 0.15) is 31.4 Å². The number of aromatic amines is 1. The third kappa shape index (κ3) is 5.64. The van der Waals surface area contributed by atoms with E-state index in [9.17, 15) is 22.8 Å². The molecule has 1 fully saturated rings. The smallest absolute Gasteiger partial charge is 0.380 e. The van der Waals surface area contributed by atoms with Gasteiger partial charge in [-0.1, -0.05) is 26.0 Å². The Hall–Kier alpha value is -3.54. The summed E-state index contributed by atoms with van der Waals surface area (Å²) in [5.41, 5.74) is -0.618. The molecule has 0 bridgehead atoms. The number of nitrogens with zero attached hydrogens (tertiary/aromatic N) is 5. The predicted molar refractivity (Wildman–Crippen MR) is 127 cm³/mol. The van der Waals surface area contributed by atoms with Gasteiger partial charge in [0.05, 0.1) is 36.8 Å². The molecule has 0 spiro atoms. The molecule has 1 N–H and O–H groups in total. The largest absolute Gasteiger partial charge is 0.419 e. The van der Waals surface area contributed by atoms with Crippen LogP contribution in [-0.4, -0.2) is 70.4 Å². The lowest BCUT2D eigenvalue weighted by atomic mass is 9.83. The average Bonchev–Trinajstić information content (AvgIpc) is 2.86. The minimum atomic E-state index is -4.48. The van der Waals surface area contributed by atoms with Crippen LogP contribution in [0.15, 0.2) is 41.6 Å². The molecule has 2 aromatic heterocycles. The molecule has 0 aliphatic carbocycles. The van der Waals surface area contributed by atoms with Crippen molar-refractivity contribution in [1.29, 1.82) is 0 Å². The number of piperazine rings is 1. The number of carbonyl (C=O) groups is 1. The van der Waals surface area contributed by atoms with Gasteiger partial charge in [-0.3, -0.25) is 9.59 Å². The summed E-state index contributed by atoms with van der Waals surface area (Å²) in [6, 6.07) is 5.52. The first-order chi connectivity index (χ1) is 17.1. The second kappa shape index (κ2) is 10.2. The molecule has 1 saturated heterocycles. The summed E-state index contributed by atoms with van der Waals surface area (Å²) in [4.78, 5) is 35.8. The standard InChI is InChI=1S/C24H27F3N6O3/c1-23(2,19-5-3-4-17-18(19)14-30-31-21(17)35)15-36-11-6-20(34)32-7-9-33(10-8-32)22-28-12-16(13-29-22)24(25,26)27/h3-5,12-14H,6-11,15H2,1-2H3,(H,31,35). The maximum absolute atomic E-state index is 12.7. The number of hydrogen-bond acceptors (Lipinski definition) is 7. The number of rotatable bonds is 7. The van der Waals surface area contributed by atoms with Crippen molar-refractivity contribution in [1.82, 2.24) is 25.1 Å². The van der Waals surface area contributed by atoms with Crippen LogP contribution >= 0.6 is 0 Å². The molecule has 12 heteroatoms. The first-order valence-electron chi connectivity index (χ1n) is 11.5.